The van der Waals surface area contributed by atoms with Gasteiger partial charge in [-0.3, -0.25) is 9.59 Å². The molecule has 0 fully saturated rings. The molecule has 186 valence electrons. The van der Waals surface area contributed by atoms with Gasteiger partial charge in [-0.1, -0.05) is 6.07 Å². The van der Waals surface area contributed by atoms with Gasteiger partial charge in [0.05, 0.1) is 22.9 Å². The number of hydrogen-bond acceptors (Lipinski definition) is 6. The number of thioether (sulfide) groups is 1. The van der Waals surface area contributed by atoms with Gasteiger partial charge in [-0.15, -0.1) is 11.8 Å². The molecule has 0 aliphatic heterocycles. The molecule has 0 radical (unpaired) electrons. The summed E-state index contributed by atoms with van der Waals surface area (Å²) in [7, 11) is 1.66. The second-order valence-electron chi connectivity index (χ2n) is 8.46. The third-order valence-corrected chi connectivity index (χ3v) is 6.51. The molecule has 5 aromatic rings. The number of anilines is 3. The summed E-state index contributed by atoms with van der Waals surface area (Å²) in [4.78, 5) is 30.0. The molecule has 2 aromatic heterocycles. The lowest BCUT2D eigenvalue weighted by molar-refractivity contribution is 0.101. The molecule has 0 spiro atoms. The number of aromatic nitrogens is 4. The SMILES string of the molecule is CSc1cc(C(=O)Nc2ccc(C)c(Nc3ccc4ncn(C)c(=O)c4c3)c2)n(-c2ccc(F)cc2)n1. The zero-order valence-electron chi connectivity index (χ0n) is 20.3. The second kappa shape index (κ2) is 9.90. The van der Waals surface area contributed by atoms with Crippen molar-refractivity contribution in [3.63, 3.8) is 0 Å². The number of rotatable bonds is 6. The van der Waals surface area contributed by atoms with Crippen LogP contribution in [0.5, 0.6) is 0 Å². The van der Waals surface area contributed by atoms with Crippen LogP contribution in [0, 0.1) is 12.7 Å². The average Bonchev–Trinajstić information content (AvgIpc) is 3.34. The van der Waals surface area contributed by atoms with Crippen molar-refractivity contribution < 1.29 is 9.18 Å². The van der Waals surface area contributed by atoms with E-state index >= 15 is 0 Å². The molecule has 2 N–H and O–H groups in total. The molecule has 0 aliphatic rings. The fourth-order valence-electron chi connectivity index (χ4n) is 3.87. The van der Waals surface area contributed by atoms with Crippen LogP contribution in [-0.2, 0) is 7.05 Å². The van der Waals surface area contributed by atoms with Crippen molar-refractivity contribution in [2.24, 2.45) is 7.05 Å². The molecule has 0 atom stereocenters. The Balaban J connectivity index is 1.42. The van der Waals surface area contributed by atoms with Gasteiger partial charge >= 0.3 is 0 Å². The maximum atomic E-state index is 13.4. The third kappa shape index (κ3) is 4.96. The minimum absolute atomic E-state index is 0.131. The Morgan fingerprint density at radius 2 is 1.76 bits per heavy atom. The van der Waals surface area contributed by atoms with Crippen LogP contribution >= 0.6 is 11.8 Å². The van der Waals surface area contributed by atoms with E-state index in [9.17, 15) is 14.0 Å². The second-order valence-corrected chi connectivity index (χ2v) is 9.29. The minimum atomic E-state index is -0.366. The molecule has 0 saturated heterocycles. The molecule has 0 bridgehead atoms. The maximum Gasteiger partial charge on any atom is 0.274 e. The van der Waals surface area contributed by atoms with Crippen LogP contribution < -0.4 is 16.2 Å². The first kappa shape index (κ1) is 24.3. The van der Waals surface area contributed by atoms with Crippen molar-refractivity contribution >= 4 is 45.6 Å². The number of nitrogens with one attached hydrogen (secondary N) is 2. The van der Waals surface area contributed by atoms with Crippen molar-refractivity contribution in [1.82, 2.24) is 19.3 Å². The Bertz CT molecular complexity index is 1690. The largest absolute Gasteiger partial charge is 0.355 e. The smallest absolute Gasteiger partial charge is 0.274 e. The van der Waals surface area contributed by atoms with Gasteiger partial charge in [0, 0.05) is 30.2 Å². The monoisotopic (exact) mass is 514 g/mol. The summed E-state index contributed by atoms with van der Waals surface area (Å²) >= 11 is 1.41. The van der Waals surface area contributed by atoms with Gasteiger partial charge in [-0.05, 0) is 73.3 Å². The van der Waals surface area contributed by atoms with Crippen molar-refractivity contribution in [3.8, 4) is 5.69 Å². The highest BCUT2D eigenvalue weighted by Crippen LogP contribution is 2.27. The number of halogens is 1. The highest BCUT2D eigenvalue weighted by atomic mass is 32.2. The zero-order valence-corrected chi connectivity index (χ0v) is 21.1. The number of nitrogens with zero attached hydrogens (tertiary/aromatic N) is 4. The first-order chi connectivity index (χ1) is 17.8. The van der Waals surface area contributed by atoms with Crippen LogP contribution in [0.4, 0.5) is 21.5 Å². The fourth-order valence-corrected chi connectivity index (χ4v) is 4.27. The number of carbonyl (C=O) groups is 1. The normalized spacial score (nSPS) is 11.0. The molecule has 0 saturated carbocycles. The molecule has 2 heterocycles. The molecule has 0 aliphatic carbocycles. The first-order valence-corrected chi connectivity index (χ1v) is 12.6. The minimum Gasteiger partial charge on any atom is -0.355 e. The molecule has 8 nitrogen and oxygen atoms in total. The van der Waals surface area contributed by atoms with Crippen LogP contribution in [0.2, 0.25) is 0 Å². The number of amides is 1. The van der Waals surface area contributed by atoms with Crippen LogP contribution in [-0.4, -0.2) is 31.5 Å². The molecular weight excluding hydrogens is 491 g/mol. The molecule has 37 heavy (non-hydrogen) atoms. The molecule has 10 heteroatoms. The Hall–Kier alpha value is -4.44. The van der Waals surface area contributed by atoms with E-state index in [4.69, 9.17) is 0 Å². The summed E-state index contributed by atoms with van der Waals surface area (Å²) in [6.07, 6.45) is 3.37. The van der Waals surface area contributed by atoms with E-state index in [1.165, 1.54) is 39.5 Å². The van der Waals surface area contributed by atoms with Crippen LogP contribution in [0.3, 0.4) is 0 Å². The predicted octanol–water partition coefficient (Wildman–Crippen LogP) is 5.28. The Kier molecular flexibility index (Phi) is 6.49. The van der Waals surface area contributed by atoms with E-state index in [1.54, 1.807) is 37.4 Å². The summed E-state index contributed by atoms with van der Waals surface area (Å²) < 4.78 is 16.4. The van der Waals surface area contributed by atoms with Crippen LogP contribution in [0.15, 0.2) is 82.9 Å². The van der Waals surface area contributed by atoms with Crippen molar-refractivity contribution in [2.75, 3.05) is 16.9 Å². The van der Waals surface area contributed by atoms with Crippen molar-refractivity contribution in [1.29, 1.82) is 0 Å². The Labute approximate surface area is 216 Å². The predicted molar refractivity (Wildman–Crippen MR) is 145 cm³/mol. The van der Waals surface area contributed by atoms with E-state index in [1.807, 2.05) is 37.4 Å². The molecule has 5 rings (SSSR count). The fraction of sp³-hybridized carbons (Fsp3) is 0.111. The molecular formula is C27H23FN6O2S. The van der Waals surface area contributed by atoms with Gasteiger partial charge in [0.15, 0.2) is 0 Å². The third-order valence-electron chi connectivity index (χ3n) is 5.89. The Morgan fingerprint density at radius 1 is 1.00 bits per heavy atom. The topological polar surface area (TPSA) is 93.8 Å². The standard InChI is InChI=1S/C27H23FN6O2S/c1-16-4-7-19(13-23(16)30-18-8-11-22-21(12-18)27(36)33(2)15-29-22)31-26(35)24-14-25(37-3)32-34(24)20-9-5-17(28)6-10-20/h4-15,30H,1-3H3,(H,31,35). The number of carbonyl (C=O) groups excluding carboxylic acids is 1. The average molecular weight is 515 g/mol. The van der Waals surface area contributed by atoms with Gasteiger partial charge in [-0.2, -0.15) is 5.10 Å². The lowest BCUT2D eigenvalue weighted by Crippen LogP contribution is -2.17. The quantitative estimate of drug-likeness (QED) is 0.299. The van der Waals surface area contributed by atoms with Crippen molar-refractivity contribution in [2.45, 2.75) is 11.9 Å². The van der Waals surface area contributed by atoms with E-state index in [2.05, 4.69) is 20.7 Å². The number of benzene rings is 3. The maximum absolute atomic E-state index is 13.4. The number of aryl methyl sites for hydroxylation is 2. The van der Waals surface area contributed by atoms with Crippen LogP contribution in [0.25, 0.3) is 16.6 Å². The van der Waals surface area contributed by atoms with E-state index in [0.29, 0.717) is 33.0 Å². The van der Waals surface area contributed by atoms with E-state index in [0.717, 1.165) is 16.9 Å². The summed E-state index contributed by atoms with van der Waals surface area (Å²) in [6.45, 7) is 1.95. The van der Waals surface area contributed by atoms with Crippen molar-refractivity contribution in [3.05, 3.63) is 100 Å². The summed E-state index contributed by atoms with van der Waals surface area (Å²) in [5.74, 6) is -0.720. The highest BCUT2D eigenvalue weighted by molar-refractivity contribution is 7.98. The van der Waals surface area contributed by atoms with Crippen LogP contribution in [0.1, 0.15) is 16.1 Å². The molecule has 3 aromatic carbocycles. The number of hydrogen-bond donors (Lipinski definition) is 2. The Morgan fingerprint density at radius 3 is 2.51 bits per heavy atom. The number of fused-ring (bicyclic) bond motifs is 1. The lowest BCUT2D eigenvalue weighted by Gasteiger charge is -2.13. The van der Waals surface area contributed by atoms with Gasteiger partial charge in [0.1, 0.15) is 16.5 Å². The summed E-state index contributed by atoms with van der Waals surface area (Å²) in [6, 6.07) is 18.4. The first-order valence-electron chi connectivity index (χ1n) is 11.4. The van der Waals surface area contributed by atoms with Gasteiger partial charge < -0.3 is 15.2 Å². The highest BCUT2D eigenvalue weighted by Gasteiger charge is 2.17. The molecule has 1 amide bonds. The summed E-state index contributed by atoms with van der Waals surface area (Å²) in [5.41, 5.74) is 4.42. The van der Waals surface area contributed by atoms with Gasteiger partial charge in [-0.25, -0.2) is 14.1 Å². The summed E-state index contributed by atoms with van der Waals surface area (Å²) in [5, 5.41) is 11.9. The lowest BCUT2D eigenvalue weighted by atomic mass is 10.1. The molecule has 0 unspecified atom stereocenters. The van der Waals surface area contributed by atoms with E-state index in [-0.39, 0.29) is 17.3 Å². The van der Waals surface area contributed by atoms with Gasteiger partial charge in [0.25, 0.3) is 11.5 Å². The van der Waals surface area contributed by atoms with E-state index < -0.39 is 0 Å². The van der Waals surface area contributed by atoms with Gasteiger partial charge in [0.2, 0.25) is 0 Å². The zero-order chi connectivity index (χ0) is 26.1.